The average Bonchev–Trinajstić information content (AvgIpc) is 2.76. The zero-order chi connectivity index (χ0) is 13.0. The number of carboxylic acids is 1. The standard InChI is InChI=1S/C12H13N3O2S/c1-8-14-12(18-15-8)13-7-10(11(16)17)9-5-3-2-4-6-9/h2-6,10H,7H2,1H3,(H,16,17)(H,13,14,15). The zero-order valence-electron chi connectivity index (χ0n) is 9.83. The highest BCUT2D eigenvalue weighted by atomic mass is 32.1. The number of nitrogens with zero attached hydrogens (tertiary/aromatic N) is 2. The first-order valence-corrected chi connectivity index (χ1v) is 6.26. The number of carbonyl (C=O) groups is 1. The highest BCUT2D eigenvalue weighted by Gasteiger charge is 2.19. The third-order valence-electron chi connectivity index (χ3n) is 2.49. The number of aliphatic carboxylic acids is 1. The fraction of sp³-hybridized carbons (Fsp3) is 0.250. The van der Waals surface area contributed by atoms with Crippen LogP contribution < -0.4 is 5.32 Å². The normalized spacial score (nSPS) is 12.1. The smallest absolute Gasteiger partial charge is 0.312 e. The fourth-order valence-corrected chi connectivity index (χ4v) is 2.17. The monoisotopic (exact) mass is 263 g/mol. The van der Waals surface area contributed by atoms with Gasteiger partial charge in [-0.2, -0.15) is 4.37 Å². The summed E-state index contributed by atoms with van der Waals surface area (Å²) in [4.78, 5) is 15.4. The molecule has 2 N–H and O–H groups in total. The van der Waals surface area contributed by atoms with Crippen molar-refractivity contribution in [3.8, 4) is 0 Å². The molecule has 0 aliphatic rings. The van der Waals surface area contributed by atoms with Crippen LogP contribution in [0.4, 0.5) is 5.13 Å². The molecule has 1 aromatic heterocycles. The first kappa shape index (κ1) is 12.5. The SMILES string of the molecule is Cc1nsc(NCC(C(=O)O)c2ccccc2)n1. The van der Waals surface area contributed by atoms with Crippen molar-refractivity contribution in [2.75, 3.05) is 11.9 Å². The first-order valence-electron chi connectivity index (χ1n) is 5.49. The maximum absolute atomic E-state index is 11.3. The van der Waals surface area contributed by atoms with E-state index in [0.717, 1.165) is 5.56 Å². The van der Waals surface area contributed by atoms with Crippen LogP contribution in [-0.4, -0.2) is 27.0 Å². The lowest BCUT2D eigenvalue weighted by Gasteiger charge is -2.12. The third-order valence-corrected chi connectivity index (χ3v) is 3.25. The largest absolute Gasteiger partial charge is 0.481 e. The molecule has 6 heteroatoms. The molecular formula is C12H13N3O2S. The molecule has 1 unspecified atom stereocenters. The summed E-state index contributed by atoms with van der Waals surface area (Å²) in [6.07, 6.45) is 0. The van der Waals surface area contributed by atoms with Crippen LogP contribution in [0.2, 0.25) is 0 Å². The number of anilines is 1. The maximum atomic E-state index is 11.3. The van der Waals surface area contributed by atoms with Crippen molar-refractivity contribution in [2.24, 2.45) is 0 Å². The number of hydrogen-bond acceptors (Lipinski definition) is 5. The van der Waals surface area contributed by atoms with E-state index in [4.69, 9.17) is 0 Å². The number of aryl methyl sites for hydroxylation is 1. The summed E-state index contributed by atoms with van der Waals surface area (Å²) >= 11 is 1.23. The van der Waals surface area contributed by atoms with E-state index >= 15 is 0 Å². The molecule has 0 aliphatic carbocycles. The maximum Gasteiger partial charge on any atom is 0.312 e. The molecular weight excluding hydrogens is 250 g/mol. The van der Waals surface area contributed by atoms with E-state index in [1.54, 1.807) is 6.92 Å². The van der Waals surface area contributed by atoms with Gasteiger partial charge in [0.05, 0.1) is 5.92 Å². The van der Waals surface area contributed by atoms with E-state index in [0.29, 0.717) is 17.5 Å². The van der Waals surface area contributed by atoms with Gasteiger partial charge in [0.25, 0.3) is 0 Å². The van der Waals surface area contributed by atoms with Gasteiger partial charge in [0.2, 0.25) is 5.13 Å². The molecule has 2 aromatic rings. The number of hydrogen-bond donors (Lipinski definition) is 2. The van der Waals surface area contributed by atoms with Crippen LogP contribution in [0, 0.1) is 6.92 Å². The van der Waals surface area contributed by atoms with Crippen LogP contribution in [0.3, 0.4) is 0 Å². The molecule has 0 saturated heterocycles. The van der Waals surface area contributed by atoms with Gasteiger partial charge in [-0.15, -0.1) is 0 Å². The van der Waals surface area contributed by atoms with Crippen molar-refractivity contribution in [2.45, 2.75) is 12.8 Å². The predicted molar refractivity (Wildman–Crippen MR) is 70.0 cm³/mol. The number of aromatic nitrogens is 2. The summed E-state index contributed by atoms with van der Waals surface area (Å²) in [7, 11) is 0. The Balaban J connectivity index is 2.06. The van der Waals surface area contributed by atoms with Crippen molar-refractivity contribution < 1.29 is 9.90 Å². The minimum atomic E-state index is -0.852. The molecule has 0 amide bonds. The second kappa shape index (κ2) is 5.59. The van der Waals surface area contributed by atoms with E-state index in [1.165, 1.54) is 11.5 Å². The molecule has 94 valence electrons. The summed E-state index contributed by atoms with van der Waals surface area (Å²) < 4.78 is 4.03. The Bertz CT molecular complexity index is 527. The quantitative estimate of drug-likeness (QED) is 0.864. The van der Waals surface area contributed by atoms with E-state index in [1.807, 2.05) is 30.3 Å². The van der Waals surface area contributed by atoms with Crippen LogP contribution in [0.25, 0.3) is 0 Å². The Morgan fingerprint density at radius 1 is 1.44 bits per heavy atom. The van der Waals surface area contributed by atoms with Gasteiger partial charge >= 0.3 is 5.97 Å². The van der Waals surface area contributed by atoms with Gasteiger partial charge in [-0.25, -0.2) is 4.98 Å². The van der Waals surface area contributed by atoms with Crippen LogP contribution in [-0.2, 0) is 4.79 Å². The number of benzene rings is 1. The van der Waals surface area contributed by atoms with Crippen molar-refractivity contribution in [1.29, 1.82) is 0 Å². The van der Waals surface area contributed by atoms with Crippen LogP contribution in [0.1, 0.15) is 17.3 Å². The van der Waals surface area contributed by atoms with E-state index in [-0.39, 0.29) is 0 Å². The van der Waals surface area contributed by atoms with Crippen LogP contribution in [0.15, 0.2) is 30.3 Å². The van der Waals surface area contributed by atoms with Gasteiger partial charge in [0.15, 0.2) is 0 Å². The summed E-state index contributed by atoms with van der Waals surface area (Å²) in [5, 5.41) is 12.9. The Morgan fingerprint density at radius 2 is 2.17 bits per heavy atom. The molecule has 0 spiro atoms. The number of carboxylic acid groups (broad SMARTS) is 1. The van der Waals surface area contributed by atoms with Crippen molar-refractivity contribution in [3.05, 3.63) is 41.7 Å². The average molecular weight is 263 g/mol. The minimum Gasteiger partial charge on any atom is -0.481 e. The first-order chi connectivity index (χ1) is 8.66. The van der Waals surface area contributed by atoms with Gasteiger partial charge in [0, 0.05) is 18.1 Å². The lowest BCUT2D eigenvalue weighted by Crippen LogP contribution is -2.20. The summed E-state index contributed by atoms with van der Waals surface area (Å²) in [5.74, 6) is -0.751. The lowest BCUT2D eigenvalue weighted by molar-refractivity contribution is -0.138. The highest BCUT2D eigenvalue weighted by molar-refractivity contribution is 7.09. The second-order valence-corrected chi connectivity index (χ2v) is 4.58. The molecule has 0 fully saturated rings. The van der Waals surface area contributed by atoms with Crippen molar-refractivity contribution >= 4 is 22.6 Å². The summed E-state index contributed by atoms with van der Waals surface area (Å²) in [6.45, 7) is 2.10. The van der Waals surface area contributed by atoms with Crippen LogP contribution in [0.5, 0.6) is 0 Å². The Hall–Kier alpha value is -1.95. The summed E-state index contributed by atoms with van der Waals surface area (Å²) in [5.41, 5.74) is 0.777. The second-order valence-electron chi connectivity index (χ2n) is 3.83. The Labute approximate surface area is 109 Å². The van der Waals surface area contributed by atoms with E-state index in [2.05, 4.69) is 14.7 Å². The Morgan fingerprint density at radius 3 is 2.72 bits per heavy atom. The van der Waals surface area contributed by atoms with E-state index in [9.17, 15) is 9.90 Å². The number of rotatable bonds is 5. The molecule has 18 heavy (non-hydrogen) atoms. The molecule has 0 bridgehead atoms. The van der Waals surface area contributed by atoms with Gasteiger partial charge in [-0.1, -0.05) is 30.3 Å². The van der Waals surface area contributed by atoms with Crippen molar-refractivity contribution in [3.63, 3.8) is 0 Å². The highest BCUT2D eigenvalue weighted by Crippen LogP contribution is 2.18. The molecule has 1 heterocycles. The molecule has 1 aromatic carbocycles. The zero-order valence-corrected chi connectivity index (χ0v) is 10.6. The minimum absolute atomic E-state index is 0.300. The van der Waals surface area contributed by atoms with E-state index < -0.39 is 11.9 Å². The molecule has 2 rings (SSSR count). The van der Waals surface area contributed by atoms with Crippen molar-refractivity contribution in [1.82, 2.24) is 9.36 Å². The Kier molecular flexibility index (Phi) is 3.88. The van der Waals surface area contributed by atoms with Gasteiger partial charge in [-0.05, 0) is 12.5 Å². The van der Waals surface area contributed by atoms with Gasteiger partial charge in [-0.3, -0.25) is 4.79 Å². The fourth-order valence-electron chi connectivity index (χ4n) is 1.59. The molecule has 0 radical (unpaired) electrons. The third kappa shape index (κ3) is 3.04. The van der Waals surface area contributed by atoms with Gasteiger partial charge < -0.3 is 10.4 Å². The van der Waals surface area contributed by atoms with Crippen LogP contribution >= 0.6 is 11.5 Å². The molecule has 0 saturated carbocycles. The lowest BCUT2D eigenvalue weighted by atomic mass is 9.99. The predicted octanol–water partition coefficient (Wildman–Crippen LogP) is 2.13. The molecule has 0 aliphatic heterocycles. The van der Waals surface area contributed by atoms with Gasteiger partial charge in [0.1, 0.15) is 5.82 Å². The molecule has 5 nitrogen and oxygen atoms in total. The summed E-state index contributed by atoms with van der Waals surface area (Å²) in [6, 6.07) is 9.16. The molecule has 1 atom stereocenters. The topological polar surface area (TPSA) is 75.1 Å². The number of nitrogens with one attached hydrogen (secondary N) is 1.